The summed E-state index contributed by atoms with van der Waals surface area (Å²) in [6, 6.07) is 3.50. The molecule has 3 heterocycles. The molecule has 0 unspecified atom stereocenters. The molecule has 4 rings (SSSR count). The van der Waals surface area contributed by atoms with Crippen molar-refractivity contribution in [2.24, 2.45) is 0 Å². The van der Waals surface area contributed by atoms with Crippen LogP contribution in [0.5, 0.6) is 5.75 Å². The maximum Gasteiger partial charge on any atom is 0.229 e. The minimum absolute atomic E-state index is 0.225. The number of rotatable bonds is 6. The van der Waals surface area contributed by atoms with E-state index in [1.807, 2.05) is 0 Å². The number of H-pyrrole nitrogens is 1. The Kier molecular flexibility index (Phi) is 8.03. The number of benzene rings is 1. The lowest BCUT2D eigenvalue weighted by atomic mass is 9.97. The number of hydrogen-bond donors (Lipinski definition) is 8. The van der Waals surface area contributed by atoms with E-state index >= 15 is 0 Å². The highest BCUT2D eigenvalue weighted by Gasteiger charge is 2.51. The minimum atomic E-state index is -1.75. The van der Waals surface area contributed by atoms with Crippen molar-refractivity contribution < 1.29 is 54.7 Å². The molecular weight excluding hydrogens is 546 g/mol. The average Bonchev–Trinajstić information content (AvgIpc) is 3.24. The van der Waals surface area contributed by atoms with Gasteiger partial charge in [-0.15, -0.1) is 0 Å². The molecular formula is C20H25BrClNO11. The van der Waals surface area contributed by atoms with Gasteiger partial charge in [0.2, 0.25) is 6.29 Å². The number of halogens is 2. The third kappa shape index (κ3) is 4.68. The molecule has 2 aromatic rings. The molecule has 190 valence electrons. The molecule has 0 amide bonds. The van der Waals surface area contributed by atoms with Gasteiger partial charge in [0.05, 0.1) is 29.1 Å². The van der Waals surface area contributed by atoms with E-state index in [1.165, 1.54) is 6.20 Å². The predicted molar refractivity (Wildman–Crippen MR) is 118 cm³/mol. The summed E-state index contributed by atoms with van der Waals surface area (Å²) in [5, 5.41) is 71.5. The number of nitrogens with one attached hydrogen (secondary N) is 1. The molecule has 0 spiro atoms. The largest absolute Gasteiger partial charge is 0.460 e. The predicted octanol–water partition coefficient (Wildman–Crippen LogP) is -1.41. The van der Waals surface area contributed by atoms with E-state index in [4.69, 9.17) is 30.5 Å². The van der Waals surface area contributed by atoms with Crippen LogP contribution in [0, 0.1) is 0 Å². The molecule has 2 aliphatic rings. The number of hydrogen-bond acceptors (Lipinski definition) is 11. The Morgan fingerprint density at radius 2 is 1.53 bits per heavy atom. The summed E-state index contributed by atoms with van der Waals surface area (Å²) >= 11 is 9.68. The van der Waals surface area contributed by atoms with E-state index in [1.54, 1.807) is 12.1 Å². The average molecular weight is 571 g/mol. The van der Waals surface area contributed by atoms with Crippen LogP contribution in [0.1, 0.15) is 0 Å². The van der Waals surface area contributed by atoms with Gasteiger partial charge in [0.25, 0.3) is 0 Å². The summed E-state index contributed by atoms with van der Waals surface area (Å²) in [5.74, 6) is 0.225. The summed E-state index contributed by atoms with van der Waals surface area (Å²) in [6.07, 6.45) is -13.9. The highest BCUT2D eigenvalue weighted by molar-refractivity contribution is 9.10. The van der Waals surface area contributed by atoms with Crippen molar-refractivity contribution >= 4 is 38.4 Å². The van der Waals surface area contributed by atoms with Gasteiger partial charge < -0.3 is 59.7 Å². The van der Waals surface area contributed by atoms with Crippen LogP contribution in [0.2, 0.25) is 5.02 Å². The number of aliphatic hydroxyl groups is 7. The van der Waals surface area contributed by atoms with Crippen molar-refractivity contribution in [3.8, 4) is 5.75 Å². The number of aliphatic hydroxyl groups excluding tert-OH is 7. The molecule has 2 aliphatic heterocycles. The number of ether oxygens (including phenoxy) is 4. The summed E-state index contributed by atoms with van der Waals surface area (Å²) in [7, 11) is 0. The number of aromatic nitrogens is 1. The molecule has 34 heavy (non-hydrogen) atoms. The van der Waals surface area contributed by atoms with Gasteiger partial charge in [-0.05, 0) is 28.1 Å². The van der Waals surface area contributed by atoms with Gasteiger partial charge in [-0.2, -0.15) is 0 Å². The smallest absolute Gasteiger partial charge is 0.229 e. The van der Waals surface area contributed by atoms with Gasteiger partial charge in [-0.3, -0.25) is 0 Å². The summed E-state index contributed by atoms with van der Waals surface area (Å²) in [4.78, 5) is 2.97. The second kappa shape index (κ2) is 10.5. The van der Waals surface area contributed by atoms with Crippen LogP contribution in [-0.2, 0) is 14.2 Å². The van der Waals surface area contributed by atoms with Crippen molar-refractivity contribution in [2.75, 3.05) is 13.2 Å². The van der Waals surface area contributed by atoms with Crippen molar-refractivity contribution in [1.82, 2.24) is 4.98 Å². The lowest BCUT2D eigenvalue weighted by Gasteiger charge is -2.45. The van der Waals surface area contributed by atoms with Gasteiger partial charge in [0, 0.05) is 10.7 Å². The van der Waals surface area contributed by atoms with E-state index in [0.29, 0.717) is 20.4 Å². The lowest BCUT2D eigenvalue weighted by molar-refractivity contribution is -0.352. The molecule has 10 atom stereocenters. The molecule has 8 N–H and O–H groups in total. The van der Waals surface area contributed by atoms with Gasteiger partial charge in [-0.25, -0.2) is 0 Å². The van der Waals surface area contributed by atoms with E-state index in [-0.39, 0.29) is 5.75 Å². The lowest BCUT2D eigenvalue weighted by Crippen LogP contribution is -2.65. The second-order valence-electron chi connectivity index (χ2n) is 8.06. The third-order valence-electron chi connectivity index (χ3n) is 5.90. The fourth-order valence-corrected chi connectivity index (χ4v) is 4.59. The first-order valence-corrected chi connectivity index (χ1v) is 11.5. The zero-order valence-electron chi connectivity index (χ0n) is 17.4. The maximum absolute atomic E-state index is 10.7. The van der Waals surface area contributed by atoms with Crippen LogP contribution in [0.15, 0.2) is 22.8 Å². The number of fused-ring (bicyclic) bond motifs is 1. The fourth-order valence-electron chi connectivity index (χ4n) is 4.00. The van der Waals surface area contributed by atoms with Crippen molar-refractivity contribution in [3.63, 3.8) is 0 Å². The SMILES string of the molecule is OC[C@@H]1O[C@@H](O[C@@H]2[C@@H](O)[C@@H](O)[C@H](Oc3c[nH]c4ccc(Br)c(Cl)c34)O[C@H]2CO)[C@H](O)[C@H](O)[C@H]1O. The van der Waals surface area contributed by atoms with Crippen molar-refractivity contribution in [2.45, 2.75) is 61.4 Å². The Bertz CT molecular complexity index is 991. The van der Waals surface area contributed by atoms with Gasteiger partial charge in [0.1, 0.15) is 54.6 Å². The molecule has 2 fully saturated rings. The van der Waals surface area contributed by atoms with Gasteiger partial charge in [-0.1, -0.05) is 11.6 Å². The van der Waals surface area contributed by atoms with Crippen molar-refractivity contribution in [3.05, 3.63) is 27.8 Å². The van der Waals surface area contributed by atoms with Crippen LogP contribution in [0.25, 0.3) is 10.9 Å². The Hall–Kier alpha value is -1.07. The third-order valence-corrected chi connectivity index (χ3v) is 7.19. The summed E-state index contributed by atoms with van der Waals surface area (Å²) in [6.45, 7) is -1.36. The monoisotopic (exact) mass is 569 g/mol. The summed E-state index contributed by atoms with van der Waals surface area (Å²) < 4.78 is 22.8. The van der Waals surface area contributed by atoms with Crippen LogP contribution in [0.3, 0.4) is 0 Å². The highest BCUT2D eigenvalue weighted by Crippen LogP contribution is 2.38. The van der Waals surface area contributed by atoms with Crippen LogP contribution >= 0.6 is 27.5 Å². The molecule has 0 aliphatic carbocycles. The Labute approximate surface area is 206 Å². The van der Waals surface area contributed by atoms with E-state index in [9.17, 15) is 35.7 Å². The van der Waals surface area contributed by atoms with Crippen LogP contribution < -0.4 is 4.74 Å². The van der Waals surface area contributed by atoms with Crippen LogP contribution in [-0.4, -0.2) is 115 Å². The van der Waals surface area contributed by atoms with Gasteiger partial charge in [0.15, 0.2) is 6.29 Å². The van der Waals surface area contributed by atoms with Gasteiger partial charge >= 0.3 is 0 Å². The standard InChI is InChI=1S/C20H25BrClNO11/c21-6-1-2-7-11(12(6)22)8(3-23-7)31-19-17(30)15(28)18(10(5-25)33-19)34-20-16(29)14(27)13(26)9(4-24)32-20/h1-3,9-10,13-20,23-30H,4-5H2/t9-,10-,13-,14+,15-,16+,17+,18-,19+,20-/m0/s1. The first kappa shape index (κ1) is 26.0. The quantitative estimate of drug-likeness (QED) is 0.203. The minimum Gasteiger partial charge on any atom is -0.460 e. The molecule has 12 nitrogen and oxygen atoms in total. The Morgan fingerprint density at radius 3 is 2.21 bits per heavy atom. The highest BCUT2D eigenvalue weighted by atomic mass is 79.9. The normalized spacial score (nSPS) is 38.9. The first-order valence-electron chi connectivity index (χ1n) is 10.4. The summed E-state index contributed by atoms with van der Waals surface area (Å²) in [5.41, 5.74) is 0.650. The van der Waals surface area contributed by atoms with Crippen LogP contribution in [0.4, 0.5) is 0 Å². The zero-order valence-corrected chi connectivity index (χ0v) is 19.8. The molecule has 0 saturated carbocycles. The Balaban J connectivity index is 1.52. The fraction of sp³-hybridized carbons (Fsp3) is 0.600. The van der Waals surface area contributed by atoms with E-state index in [0.717, 1.165) is 0 Å². The molecule has 14 heteroatoms. The van der Waals surface area contributed by atoms with Crippen molar-refractivity contribution in [1.29, 1.82) is 0 Å². The molecule has 2 saturated heterocycles. The van der Waals surface area contributed by atoms with E-state index < -0.39 is 74.6 Å². The Morgan fingerprint density at radius 1 is 0.882 bits per heavy atom. The number of aromatic amines is 1. The second-order valence-corrected chi connectivity index (χ2v) is 9.29. The molecule has 0 bridgehead atoms. The molecule has 1 aromatic carbocycles. The molecule has 1 aromatic heterocycles. The topological polar surface area (TPSA) is 194 Å². The molecule has 0 radical (unpaired) electrons. The van der Waals surface area contributed by atoms with E-state index in [2.05, 4.69) is 20.9 Å². The maximum atomic E-state index is 10.7. The first-order chi connectivity index (χ1) is 16.2. The zero-order chi connectivity index (χ0) is 24.7.